The second-order valence-corrected chi connectivity index (χ2v) is 19.2. The highest BCUT2D eigenvalue weighted by Gasteiger charge is 2.78. The molecule has 1 aliphatic heterocycles. The minimum atomic E-state index is -2.35. The van der Waals surface area contributed by atoms with Crippen molar-refractivity contribution >= 4 is 55.7 Å². The van der Waals surface area contributed by atoms with Crippen molar-refractivity contribution < 1.29 is 77.0 Å². The number of carbonyl (C=O) groups is 7. The number of esters is 4. The standard InChI is InChI=1S/C49H55BNO14.C3H7NO.C2H5NO/c1-8-50-65-34-24-35-48(26-60-35,64-29(4)53)40-42(63-44(57)32-22-16-11-17-23-32)49(59)25-33(27(2)36(46(49,5)6)39(61-28(3)52)41(55)47(34,40)7)62-45(58)38(54)37(30-18-12-9-13-19-30)51-43(56)31-20-14-10-15-21-31;1-3(5)4-2;1-3-4-2/h9-23,33-35,37-40,42,54,59H,8,24-26H2,1-7H3,(H,51,56);1-2H3,(H,4,5);1H2,2H3/t33-,34-,35+,37-,38+,39+,40-,42-,47+,48-,49+;;/m0../s1. The topological polar surface area (TPSA) is 261 Å². The van der Waals surface area contributed by atoms with Gasteiger partial charge in [0, 0.05) is 58.4 Å². The average molecular weight is 1020 g/mol. The van der Waals surface area contributed by atoms with E-state index in [-0.39, 0.29) is 41.2 Å². The van der Waals surface area contributed by atoms with E-state index < -0.39 is 113 Å². The molecule has 3 aliphatic carbocycles. The van der Waals surface area contributed by atoms with Gasteiger partial charge in [0.15, 0.2) is 23.6 Å². The molecule has 0 unspecified atom stereocenters. The van der Waals surface area contributed by atoms with Crippen molar-refractivity contribution in [3.63, 3.8) is 0 Å². The summed E-state index contributed by atoms with van der Waals surface area (Å²) < 4.78 is 37.3. The van der Waals surface area contributed by atoms with Crippen LogP contribution in [0.5, 0.6) is 0 Å². The number of fused-ring (bicyclic) bond motifs is 5. The summed E-state index contributed by atoms with van der Waals surface area (Å²) in [6.07, 6.45) is -9.02. The summed E-state index contributed by atoms with van der Waals surface area (Å²) >= 11 is 0. The highest BCUT2D eigenvalue weighted by atomic mass is 16.6. The molecule has 2 bridgehead atoms. The average Bonchev–Trinajstić information content (AvgIpc) is 3.37. The molecule has 397 valence electrons. The maximum atomic E-state index is 15.9. The highest BCUT2D eigenvalue weighted by Crippen LogP contribution is 2.65. The van der Waals surface area contributed by atoms with E-state index in [0.717, 1.165) is 6.92 Å². The van der Waals surface area contributed by atoms with Gasteiger partial charge < -0.3 is 54.0 Å². The fourth-order valence-electron chi connectivity index (χ4n) is 10.6. The molecule has 4 N–H and O–H groups in total. The van der Waals surface area contributed by atoms with Crippen molar-refractivity contribution in [2.45, 2.75) is 128 Å². The number of aliphatic hydroxyl groups excluding tert-OH is 1. The molecule has 20 heteroatoms. The molecule has 3 aromatic rings. The molecule has 2 saturated carbocycles. The van der Waals surface area contributed by atoms with Crippen LogP contribution in [0.4, 0.5) is 0 Å². The Balaban J connectivity index is 0.00000104. The summed E-state index contributed by atoms with van der Waals surface area (Å²) in [7, 11) is 4.56. The summed E-state index contributed by atoms with van der Waals surface area (Å²) in [4.78, 5) is 98.4. The van der Waals surface area contributed by atoms with Crippen LogP contribution in [0.3, 0.4) is 0 Å². The van der Waals surface area contributed by atoms with E-state index in [4.69, 9.17) is 28.3 Å². The third kappa shape index (κ3) is 11.8. The molecule has 7 rings (SSSR count). The van der Waals surface area contributed by atoms with Crippen LogP contribution < -0.4 is 10.6 Å². The third-order valence-electron chi connectivity index (χ3n) is 14.4. The van der Waals surface area contributed by atoms with Gasteiger partial charge in [-0.3, -0.25) is 24.0 Å². The van der Waals surface area contributed by atoms with Crippen molar-refractivity contribution in [2.75, 3.05) is 20.8 Å². The third-order valence-corrected chi connectivity index (χ3v) is 14.4. The van der Waals surface area contributed by atoms with Gasteiger partial charge in [-0.05, 0) is 54.8 Å². The van der Waals surface area contributed by atoms with Gasteiger partial charge >= 0.3 is 23.9 Å². The van der Waals surface area contributed by atoms with Gasteiger partial charge in [-0.15, -0.1) is 5.16 Å². The number of amides is 2. The number of nitrogens with zero attached hydrogens (tertiary/aromatic N) is 1. The minimum Gasteiger partial charge on any atom is -0.456 e. The molecule has 0 aromatic heterocycles. The van der Waals surface area contributed by atoms with Gasteiger partial charge in [-0.2, -0.15) is 0 Å². The number of hydrogen-bond acceptors (Lipinski definition) is 17. The Labute approximate surface area is 431 Å². The second kappa shape index (κ2) is 24.5. The molecule has 3 aromatic carbocycles. The summed E-state index contributed by atoms with van der Waals surface area (Å²) in [5, 5.41) is 33.9. The zero-order valence-corrected chi connectivity index (χ0v) is 43.4. The summed E-state index contributed by atoms with van der Waals surface area (Å²) in [5.41, 5.74) is -6.53. The zero-order valence-electron chi connectivity index (χ0n) is 43.4. The van der Waals surface area contributed by atoms with Crippen molar-refractivity contribution in [1.82, 2.24) is 10.6 Å². The first-order valence-corrected chi connectivity index (χ1v) is 24.2. The highest BCUT2D eigenvalue weighted by molar-refractivity contribution is 6.27. The number of rotatable bonds is 14. The number of aliphatic hydroxyl groups is 2. The van der Waals surface area contributed by atoms with Crippen LogP contribution >= 0.6 is 0 Å². The second-order valence-electron chi connectivity index (χ2n) is 19.2. The maximum absolute atomic E-state index is 15.9. The van der Waals surface area contributed by atoms with Crippen LogP contribution in [0.2, 0.25) is 6.32 Å². The number of ether oxygens (including phenoxy) is 5. The van der Waals surface area contributed by atoms with E-state index in [1.54, 1.807) is 114 Å². The Morgan fingerprint density at radius 1 is 0.878 bits per heavy atom. The quantitative estimate of drug-likeness (QED) is 0.0421. The lowest BCUT2D eigenvalue weighted by Crippen LogP contribution is -2.82. The number of hydrogen-bond donors (Lipinski definition) is 4. The molecule has 1 heterocycles. The lowest BCUT2D eigenvalue weighted by molar-refractivity contribution is -0.344. The Bertz CT molecular complexity index is 2550. The van der Waals surface area contributed by atoms with Crippen molar-refractivity contribution in [3.8, 4) is 0 Å². The number of oxime groups is 1. The lowest BCUT2D eigenvalue weighted by atomic mass is 9.44. The number of benzene rings is 3. The first kappa shape index (κ1) is 58.2. The Morgan fingerprint density at radius 2 is 1.43 bits per heavy atom. The molecule has 11 atom stereocenters. The van der Waals surface area contributed by atoms with E-state index in [1.165, 1.54) is 40.6 Å². The van der Waals surface area contributed by atoms with Crippen molar-refractivity contribution in [1.29, 1.82) is 0 Å². The molecule has 1 radical (unpaired) electrons. The minimum absolute atomic E-state index is 0.00463. The normalized spacial score (nSPS) is 27.9. The van der Waals surface area contributed by atoms with Crippen LogP contribution in [0.1, 0.15) is 101 Å². The van der Waals surface area contributed by atoms with Gasteiger partial charge in [0.25, 0.3) is 13.4 Å². The first-order chi connectivity index (χ1) is 35.0. The van der Waals surface area contributed by atoms with Crippen molar-refractivity contribution in [2.24, 2.45) is 21.9 Å². The summed E-state index contributed by atoms with van der Waals surface area (Å²) in [6.45, 7) is 14.7. The molecule has 4 aliphatic rings. The molecular weight excluding hydrogens is 957 g/mol. The summed E-state index contributed by atoms with van der Waals surface area (Å²) in [6, 6.07) is 23.2. The monoisotopic (exact) mass is 1020 g/mol. The van der Waals surface area contributed by atoms with E-state index in [1.807, 2.05) is 6.92 Å². The molecular formula is C54H67BN3O16. The SMILES string of the molecule is C=NOC.CC[B]O[C@H]1C[C@H]2OC[C@@]2(OC(C)=O)[C@H]2[C@H](OC(=O)c3ccccc3)[C@]3(O)C[C@H](OC(=O)[C@H](O)[C@@H](NC(=O)c4ccccc4)c4ccccc4)C(C)=C([C@@H](OC(C)=O)C(=O)[C@]12C)C3(C)C.CNC(C)=O. The van der Waals surface area contributed by atoms with Gasteiger partial charge in [0.2, 0.25) is 5.91 Å². The first-order valence-electron chi connectivity index (χ1n) is 24.2. The molecule has 1 saturated heterocycles. The number of ketones is 1. The maximum Gasteiger partial charge on any atom is 0.338 e. The predicted molar refractivity (Wildman–Crippen MR) is 269 cm³/mol. The Hall–Kier alpha value is -6.74. The lowest BCUT2D eigenvalue weighted by Gasteiger charge is -2.68. The molecule has 74 heavy (non-hydrogen) atoms. The van der Waals surface area contributed by atoms with Crippen molar-refractivity contribution in [3.05, 3.63) is 119 Å². The van der Waals surface area contributed by atoms with Crippen LogP contribution in [0, 0.1) is 16.7 Å². The predicted octanol–water partition coefficient (Wildman–Crippen LogP) is 4.82. The number of carbonyl (C=O) groups excluding carboxylic acids is 7. The van der Waals surface area contributed by atoms with Gasteiger partial charge in [-0.1, -0.05) is 93.8 Å². The number of Topliss-reactive ketones (excluding diaryl/α,β-unsaturated/α-hetero) is 1. The molecule has 0 spiro atoms. The van der Waals surface area contributed by atoms with Gasteiger partial charge in [0.1, 0.15) is 31.0 Å². The van der Waals surface area contributed by atoms with Gasteiger partial charge in [0.05, 0.1) is 35.6 Å². The largest absolute Gasteiger partial charge is 0.456 e. The zero-order chi connectivity index (χ0) is 54.8. The van der Waals surface area contributed by atoms with E-state index >= 15 is 4.79 Å². The molecule has 3 fully saturated rings. The number of nitrogens with one attached hydrogen (secondary N) is 2. The molecule has 19 nitrogen and oxygen atoms in total. The van der Waals surface area contributed by atoms with E-state index in [2.05, 4.69) is 27.3 Å². The van der Waals surface area contributed by atoms with Crippen LogP contribution in [-0.2, 0) is 57.1 Å². The fourth-order valence-corrected chi connectivity index (χ4v) is 10.6. The van der Waals surface area contributed by atoms with Crippen LogP contribution in [0.15, 0.2) is 107 Å². The summed E-state index contributed by atoms with van der Waals surface area (Å²) in [5.74, 6) is -6.42. The molecule has 2 amide bonds. The Morgan fingerprint density at radius 3 is 1.92 bits per heavy atom. The van der Waals surface area contributed by atoms with Gasteiger partial charge in [-0.25, -0.2) is 9.59 Å². The smallest absolute Gasteiger partial charge is 0.338 e. The van der Waals surface area contributed by atoms with Crippen LogP contribution in [0.25, 0.3) is 0 Å². The van der Waals surface area contributed by atoms with E-state index in [9.17, 15) is 39.0 Å². The van der Waals surface area contributed by atoms with E-state index in [0.29, 0.717) is 11.9 Å². The van der Waals surface area contributed by atoms with Crippen LogP contribution in [-0.4, -0.2) is 134 Å². The fraction of sp³-hybridized carbons (Fsp3) is 0.481. The Kier molecular flexibility index (Phi) is 19.3.